The second-order valence-electron chi connectivity index (χ2n) is 9.07. The van der Waals surface area contributed by atoms with Crippen molar-refractivity contribution in [3.63, 3.8) is 0 Å². The van der Waals surface area contributed by atoms with Crippen LogP contribution in [0.2, 0.25) is 0 Å². The van der Waals surface area contributed by atoms with Crippen molar-refractivity contribution < 1.29 is 0 Å². The molecule has 0 aromatic rings. The molecule has 1 unspecified atom stereocenters. The SMILES string of the molecule is CC1(C)C(CN2CCCNC(C3CCCCC3)C2)C1(C)C. The molecular formula is C19H36N2. The number of rotatable bonds is 3. The van der Waals surface area contributed by atoms with Crippen LogP contribution in [0, 0.1) is 22.7 Å². The molecule has 1 atom stereocenters. The van der Waals surface area contributed by atoms with E-state index in [0.29, 0.717) is 10.8 Å². The average Bonchev–Trinajstić information content (AvgIpc) is 2.98. The second kappa shape index (κ2) is 5.85. The third kappa shape index (κ3) is 3.03. The normalized spacial score (nSPS) is 34.6. The van der Waals surface area contributed by atoms with Gasteiger partial charge in [-0.25, -0.2) is 0 Å². The van der Waals surface area contributed by atoms with Gasteiger partial charge in [-0.2, -0.15) is 0 Å². The first-order chi connectivity index (χ1) is 9.93. The van der Waals surface area contributed by atoms with Crippen LogP contribution in [0.15, 0.2) is 0 Å². The third-order valence-electron chi connectivity index (χ3n) is 7.49. The standard InChI is InChI=1S/C19H36N2/c1-18(2)17(19(18,3)4)14-21-12-8-11-20-16(13-21)15-9-6-5-7-10-15/h15-17,20H,5-14H2,1-4H3. The molecule has 21 heavy (non-hydrogen) atoms. The topological polar surface area (TPSA) is 15.3 Å². The molecule has 122 valence electrons. The van der Waals surface area contributed by atoms with E-state index in [1.54, 1.807) is 0 Å². The van der Waals surface area contributed by atoms with Crippen molar-refractivity contribution >= 4 is 0 Å². The first kappa shape index (κ1) is 15.8. The molecule has 0 spiro atoms. The van der Waals surface area contributed by atoms with Crippen molar-refractivity contribution in [1.29, 1.82) is 0 Å². The predicted octanol–water partition coefficient (Wildman–Crippen LogP) is 3.91. The van der Waals surface area contributed by atoms with Crippen molar-refractivity contribution in [3.8, 4) is 0 Å². The number of nitrogens with zero attached hydrogens (tertiary/aromatic N) is 1. The molecule has 1 heterocycles. The quantitative estimate of drug-likeness (QED) is 0.848. The first-order valence-electron chi connectivity index (χ1n) is 9.38. The summed E-state index contributed by atoms with van der Waals surface area (Å²) in [5.41, 5.74) is 1.07. The Morgan fingerprint density at radius 2 is 1.62 bits per heavy atom. The zero-order chi connectivity index (χ0) is 15.1. The summed E-state index contributed by atoms with van der Waals surface area (Å²) in [4.78, 5) is 2.79. The molecule has 2 saturated carbocycles. The highest BCUT2D eigenvalue weighted by atomic mass is 15.2. The maximum absolute atomic E-state index is 3.87. The fraction of sp³-hybridized carbons (Fsp3) is 1.00. The van der Waals surface area contributed by atoms with Crippen molar-refractivity contribution in [3.05, 3.63) is 0 Å². The molecule has 0 aromatic heterocycles. The molecule has 2 aliphatic carbocycles. The lowest BCUT2D eigenvalue weighted by Crippen LogP contribution is -2.44. The van der Waals surface area contributed by atoms with E-state index in [4.69, 9.17) is 0 Å². The monoisotopic (exact) mass is 292 g/mol. The van der Waals surface area contributed by atoms with Crippen molar-refractivity contribution in [2.45, 2.75) is 72.3 Å². The number of hydrogen-bond donors (Lipinski definition) is 1. The highest BCUT2D eigenvalue weighted by molar-refractivity contribution is 5.13. The van der Waals surface area contributed by atoms with Gasteiger partial charge in [0.05, 0.1) is 0 Å². The third-order valence-corrected chi connectivity index (χ3v) is 7.49. The summed E-state index contributed by atoms with van der Waals surface area (Å²) in [7, 11) is 0. The van der Waals surface area contributed by atoms with Crippen LogP contribution >= 0.6 is 0 Å². The van der Waals surface area contributed by atoms with E-state index in [1.807, 2.05) is 0 Å². The van der Waals surface area contributed by atoms with Crippen LogP contribution in [-0.2, 0) is 0 Å². The number of hydrogen-bond acceptors (Lipinski definition) is 2. The molecule has 0 bridgehead atoms. The Balaban J connectivity index is 1.58. The Kier molecular flexibility index (Phi) is 4.40. The minimum atomic E-state index is 0.535. The van der Waals surface area contributed by atoms with Crippen molar-refractivity contribution in [2.75, 3.05) is 26.2 Å². The van der Waals surface area contributed by atoms with Crippen molar-refractivity contribution in [2.24, 2.45) is 22.7 Å². The summed E-state index contributed by atoms with van der Waals surface area (Å²) >= 11 is 0. The first-order valence-corrected chi connectivity index (χ1v) is 9.38. The molecule has 3 fully saturated rings. The molecule has 1 N–H and O–H groups in total. The van der Waals surface area contributed by atoms with Gasteiger partial charge in [0.1, 0.15) is 0 Å². The average molecular weight is 293 g/mol. The van der Waals surface area contributed by atoms with Gasteiger partial charge in [-0.3, -0.25) is 0 Å². The molecule has 2 heteroatoms. The summed E-state index contributed by atoms with van der Waals surface area (Å²) in [6.07, 6.45) is 8.66. The zero-order valence-corrected chi connectivity index (χ0v) is 14.8. The summed E-state index contributed by atoms with van der Waals surface area (Å²) in [5.74, 6) is 1.83. The van der Waals surface area contributed by atoms with Gasteiger partial charge in [0.25, 0.3) is 0 Å². The van der Waals surface area contributed by atoms with Gasteiger partial charge in [0.15, 0.2) is 0 Å². The molecule has 0 aromatic carbocycles. The molecule has 2 nitrogen and oxygen atoms in total. The smallest absolute Gasteiger partial charge is 0.0223 e. The van der Waals surface area contributed by atoms with E-state index >= 15 is 0 Å². The van der Waals surface area contributed by atoms with Gasteiger partial charge in [-0.15, -0.1) is 0 Å². The Morgan fingerprint density at radius 1 is 0.952 bits per heavy atom. The molecule has 3 rings (SSSR count). The Morgan fingerprint density at radius 3 is 2.24 bits per heavy atom. The van der Waals surface area contributed by atoms with Gasteiger partial charge >= 0.3 is 0 Å². The minimum Gasteiger partial charge on any atom is -0.312 e. The lowest BCUT2D eigenvalue weighted by molar-refractivity contribution is 0.194. The maximum Gasteiger partial charge on any atom is 0.0223 e. The second-order valence-corrected chi connectivity index (χ2v) is 9.07. The fourth-order valence-corrected chi connectivity index (χ4v) is 5.09. The molecular weight excluding hydrogens is 256 g/mol. The maximum atomic E-state index is 3.87. The highest BCUT2D eigenvalue weighted by Gasteiger charge is 2.64. The van der Waals surface area contributed by atoms with E-state index in [2.05, 4.69) is 37.9 Å². The van der Waals surface area contributed by atoms with E-state index in [1.165, 1.54) is 64.7 Å². The highest BCUT2D eigenvalue weighted by Crippen LogP contribution is 2.68. The summed E-state index contributed by atoms with van der Waals surface area (Å²) in [5, 5.41) is 3.87. The van der Waals surface area contributed by atoms with E-state index in [9.17, 15) is 0 Å². The summed E-state index contributed by atoms with van der Waals surface area (Å²) in [6, 6.07) is 0.762. The van der Waals surface area contributed by atoms with Gasteiger partial charge in [0.2, 0.25) is 0 Å². The predicted molar refractivity (Wildman–Crippen MR) is 90.5 cm³/mol. The fourth-order valence-electron chi connectivity index (χ4n) is 5.09. The van der Waals surface area contributed by atoms with Crippen LogP contribution in [0.5, 0.6) is 0 Å². The largest absolute Gasteiger partial charge is 0.312 e. The molecule has 3 aliphatic rings. The Hall–Kier alpha value is -0.0800. The summed E-state index contributed by atoms with van der Waals surface area (Å²) < 4.78 is 0. The lowest BCUT2D eigenvalue weighted by Gasteiger charge is -2.33. The van der Waals surface area contributed by atoms with E-state index in [-0.39, 0.29) is 0 Å². The van der Waals surface area contributed by atoms with Crippen LogP contribution in [0.3, 0.4) is 0 Å². The van der Waals surface area contributed by atoms with Crippen LogP contribution in [0.4, 0.5) is 0 Å². The minimum absolute atomic E-state index is 0.535. The summed E-state index contributed by atoms with van der Waals surface area (Å²) in [6.45, 7) is 15.0. The molecule has 0 radical (unpaired) electrons. The Bertz CT molecular complexity index is 341. The van der Waals surface area contributed by atoms with Crippen LogP contribution in [0.25, 0.3) is 0 Å². The van der Waals surface area contributed by atoms with Gasteiger partial charge in [-0.05, 0) is 55.0 Å². The van der Waals surface area contributed by atoms with Crippen LogP contribution in [-0.4, -0.2) is 37.1 Å². The molecule has 0 amide bonds. The van der Waals surface area contributed by atoms with Gasteiger partial charge in [-0.1, -0.05) is 47.0 Å². The van der Waals surface area contributed by atoms with Crippen LogP contribution in [0.1, 0.15) is 66.2 Å². The van der Waals surface area contributed by atoms with Gasteiger partial charge < -0.3 is 10.2 Å². The lowest BCUT2D eigenvalue weighted by atomic mass is 9.83. The van der Waals surface area contributed by atoms with Gasteiger partial charge in [0, 0.05) is 19.1 Å². The molecule has 1 saturated heterocycles. The van der Waals surface area contributed by atoms with E-state index < -0.39 is 0 Å². The van der Waals surface area contributed by atoms with Crippen LogP contribution < -0.4 is 5.32 Å². The number of nitrogens with one attached hydrogen (secondary N) is 1. The zero-order valence-electron chi connectivity index (χ0n) is 14.8. The van der Waals surface area contributed by atoms with Crippen molar-refractivity contribution in [1.82, 2.24) is 10.2 Å². The molecule has 1 aliphatic heterocycles. The Labute approximate surface area is 132 Å². The van der Waals surface area contributed by atoms with E-state index in [0.717, 1.165) is 17.9 Å².